The van der Waals surface area contributed by atoms with Crippen LogP contribution in [0.5, 0.6) is 0 Å². The number of nitrogens with zero attached hydrogens (tertiary/aromatic N) is 1. The number of amides is 2. The Morgan fingerprint density at radius 1 is 1.38 bits per heavy atom. The molecule has 1 atom stereocenters. The monoisotopic (exact) mass is 316 g/mol. The van der Waals surface area contributed by atoms with Crippen molar-refractivity contribution in [3.05, 3.63) is 29.3 Å². The molecule has 1 aliphatic heterocycles. The molecule has 0 saturated carbocycles. The molecule has 1 unspecified atom stereocenters. The van der Waals surface area contributed by atoms with Gasteiger partial charge in [-0.3, -0.25) is 19.5 Å². The van der Waals surface area contributed by atoms with Crippen LogP contribution in [0.1, 0.15) is 30.0 Å². The smallest absolute Gasteiger partial charge is 0.265 e. The Morgan fingerprint density at radius 2 is 2.10 bits per heavy atom. The third-order valence-electron chi connectivity index (χ3n) is 3.17. The van der Waals surface area contributed by atoms with Gasteiger partial charge in [-0.15, -0.1) is 0 Å². The summed E-state index contributed by atoms with van der Waals surface area (Å²) >= 11 is 0. The zero-order chi connectivity index (χ0) is 15.6. The lowest BCUT2D eigenvalue weighted by atomic mass is 9.94. The largest absolute Gasteiger partial charge is 0.296 e. The van der Waals surface area contributed by atoms with E-state index >= 15 is 0 Å². The van der Waals surface area contributed by atoms with Crippen molar-refractivity contribution in [2.75, 3.05) is 5.75 Å². The number of aromatic nitrogens is 1. The average molecular weight is 316 g/mol. The zero-order valence-corrected chi connectivity index (χ0v) is 11.7. The lowest BCUT2D eigenvalue weighted by molar-refractivity contribution is -0.134. The molecule has 2 heterocycles. The van der Waals surface area contributed by atoms with Gasteiger partial charge < -0.3 is 0 Å². The minimum atomic E-state index is -4.18. The number of piperidine rings is 1. The molecule has 1 aromatic heterocycles. The highest BCUT2D eigenvalue weighted by molar-refractivity contribution is 7.85. The van der Waals surface area contributed by atoms with Crippen LogP contribution < -0.4 is 5.32 Å². The van der Waals surface area contributed by atoms with Gasteiger partial charge in [-0.25, -0.2) is 4.98 Å². The molecule has 1 aliphatic rings. The molecule has 0 aromatic carbocycles. The average Bonchev–Trinajstić information content (AvgIpc) is 2.36. The molecular weight excluding hydrogens is 303 g/mol. The predicted octanol–water partition coefficient (Wildman–Crippen LogP) is 0.171. The summed E-state index contributed by atoms with van der Waals surface area (Å²) < 4.78 is 43.7. The molecule has 0 spiro atoms. The quantitative estimate of drug-likeness (QED) is 0.465. The molecule has 0 bridgehead atoms. The molecule has 0 aliphatic carbocycles. The van der Waals surface area contributed by atoms with Crippen LogP contribution in [-0.4, -0.2) is 35.5 Å². The second-order valence-corrected chi connectivity index (χ2v) is 6.30. The summed E-state index contributed by atoms with van der Waals surface area (Å²) in [5.74, 6) is -3.09. The van der Waals surface area contributed by atoms with E-state index in [9.17, 15) is 22.4 Å². The van der Waals surface area contributed by atoms with Gasteiger partial charge in [0.2, 0.25) is 17.8 Å². The number of pyridine rings is 1. The lowest BCUT2D eigenvalue weighted by Crippen LogP contribution is -2.39. The number of aryl methyl sites for hydroxylation is 1. The van der Waals surface area contributed by atoms with Gasteiger partial charge >= 0.3 is 0 Å². The Labute approximate surface area is 120 Å². The first-order valence-electron chi connectivity index (χ1n) is 6.20. The van der Waals surface area contributed by atoms with Crippen LogP contribution in [0.4, 0.5) is 4.39 Å². The molecule has 2 N–H and O–H groups in total. The van der Waals surface area contributed by atoms with Crippen molar-refractivity contribution < 1.29 is 27.0 Å². The lowest BCUT2D eigenvalue weighted by Gasteiger charge is -2.20. The molecule has 9 heteroatoms. The van der Waals surface area contributed by atoms with E-state index in [1.807, 2.05) is 0 Å². The van der Waals surface area contributed by atoms with Crippen LogP contribution in [0.3, 0.4) is 0 Å². The number of halogens is 1. The van der Waals surface area contributed by atoms with Crippen LogP contribution in [0, 0.1) is 5.95 Å². The molecule has 7 nitrogen and oxygen atoms in total. The van der Waals surface area contributed by atoms with E-state index < -0.39 is 33.6 Å². The predicted molar refractivity (Wildman–Crippen MR) is 69.4 cm³/mol. The number of rotatable bonds is 4. The van der Waals surface area contributed by atoms with Crippen LogP contribution >= 0.6 is 0 Å². The maximum Gasteiger partial charge on any atom is 0.265 e. The van der Waals surface area contributed by atoms with E-state index in [1.165, 1.54) is 12.1 Å². The van der Waals surface area contributed by atoms with E-state index in [1.54, 1.807) is 0 Å². The minimum absolute atomic E-state index is 0.0312. The van der Waals surface area contributed by atoms with E-state index in [2.05, 4.69) is 10.3 Å². The van der Waals surface area contributed by atoms with Gasteiger partial charge in [0.05, 0.1) is 17.4 Å². The van der Waals surface area contributed by atoms with Crippen molar-refractivity contribution in [1.82, 2.24) is 10.3 Å². The van der Waals surface area contributed by atoms with Gasteiger partial charge in [0.1, 0.15) is 0 Å². The van der Waals surface area contributed by atoms with Crippen molar-refractivity contribution in [3.8, 4) is 0 Å². The maximum atomic E-state index is 13.8. The highest BCUT2D eigenvalue weighted by Gasteiger charge is 2.29. The van der Waals surface area contributed by atoms with Gasteiger partial charge in [0.15, 0.2) is 0 Å². The molecule has 1 fully saturated rings. The van der Waals surface area contributed by atoms with Gasteiger partial charge in [0.25, 0.3) is 10.1 Å². The fraction of sp³-hybridized carbons (Fsp3) is 0.417. The van der Waals surface area contributed by atoms with Gasteiger partial charge in [-0.2, -0.15) is 12.8 Å². The zero-order valence-electron chi connectivity index (χ0n) is 10.9. The fourth-order valence-corrected chi connectivity index (χ4v) is 2.55. The number of imide groups is 1. The topological polar surface area (TPSA) is 113 Å². The Kier molecular flexibility index (Phi) is 4.33. The van der Waals surface area contributed by atoms with Crippen molar-refractivity contribution in [1.29, 1.82) is 0 Å². The van der Waals surface area contributed by atoms with Crippen molar-refractivity contribution in [3.63, 3.8) is 0 Å². The molecule has 2 rings (SSSR count). The summed E-state index contributed by atoms with van der Waals surface area (Å²) in [4.78, 5) is 26.4. The Morgan fingerprint density at radius 3 is 2.67 bits per heavy atom. The van der Waals surface area contributed by atoms with Crippen LogP contribution in [0.2, 0.25) is 0 Å². The van der Waals surface area contributed by atoms with Gasteiger partial charge in [-0.1, -0.05) is 6.07 Å². The SMILES string of the molecule is O=C1CCC(c2ccc(CCS(=O)(=O)O)c(F)n2)C(=O)N1. The number of hydrogen-bond acceptors (Lipinski definition) is 5. The second kappa shape index (κ2) is 5.86. The Bertz CT molecular complexity index is 689. The Hall–Kier alpha value is -1.87. The normalized spacial score (nSPS) is 19.4. The number of nitrogens with one attached hydrogen (secondary N) is 1. The first kappa shape index (κ1) is 15.5. The number of hydrogen-bond donors (Lipinski definition) is 2. The minimum Gasteiger partial charge on any atom is -0.296 e. The van der Waals surface area contributed by atoms with E-state index in [-0.39, 0.29) is 36.4 Å². The molecule has 0 radical (unpaired) electrons. The van der Waals surface area contributed by atoms with Crippen molar-refractivity contribution in [2.24, 2.45) is 0 Å². The molecule has 114 valence electrons. The van der Waals surface area contributed by atoms with Gasteiger partial charge in [-0.05, 0) is 18.9 Å². The fourth-order valence-electron chi connectivity index (χ4n) is 2.07. The number of carbonyl (C=O) groups is 2. The van der Waals surface area contributed by atoms with Crippen molar-refractivity contribution in [2.45, 2.75) is 25.2 Å². The van der Waals surface area contributed by atoms with Crippen LogP contribution in [0.15, 0.2) is 12.1 Å². The Balaban J connectivity index is 2.15. The van der Waals surface area contributed by atoms with E-state index in [4.69, 9.17) is 4.55 Å². The third kappa shape index (κ3) is 4.05. The maximum absolute atomic E-state index is 13.8. The molecule has 21 heavy (non-hydrogen) atoms. The first-order chi connectivity index (χ1) is 9.76. The summed E-state index contributed by atoms with van der Waals surface area (Å²) in [6, 6.07) is 2.75. The van der Waals surface area contributed by atoms with Gasteiger partial charge in [0, 0.05) is 12.0 Å². The molecule has 1 saturated heterocycles. The summed E-state index contributed by atoms with van der Waals surface area (Å²) in [6.45, 7) is 0. The highest BCUT2D eigenvalue weighted by Crippen LogP contribution is 2.24. The molecular formula is C12H13FN2O5S. The van der Waals surface area contributed by atoms with Crippen molar-refractivity contribution >= 4 is 21.9 Å². The summed E-state index contributed by atoms with van der Waals surface area (Å²) in [5.41, 5.74) is 0.219. The molecule has 2 amide bonds. The van der Waals surface area contributed by atoms with E-state index in [0.717, 1.165) is 0 Å². The summed E-state index contributed by atoms with van der Waals surface area (Å²) in [7, 11) is -4.18. The highest BCUT2D eigenvalue weighted by atomic mass is 32.2. The summed E-state index contributed by atoms with van der Waals surface area (Å²) in [6.07, 6.45) is 0.193. The van der Waals surface area contributed by atoms with E-state index in [0.29, 0.717) is 0 Å². The molecule has 1 aromatic rings. The number of carbonyl (C=O) groups excluding carboxylic acids is 2. The van der Waals surface area contributed by atoms with Crippen LogP contribution in [-0.2, 0) is 26.1 Å². The first-order valence-corrected chi connectivity index (χ1v) is 7.81. The standard InChI is InChI=1S/C12H13FN2O5S/c13-11-7(5-6-21(18,19)20)1-3-9(14-11)8-2-4-10(16)15-12(8)17/h1,3,8H,2,4-6H2,(H,15,16,17)(H,18,19,20). The third-order valence-corrected chi connectivity index (χ3v) is 3.89. The summed E-state index contributed by atoms with van der Waals surface area (Å²) in [5, 5.41) is 2.15. The second-order valence-electron chi connectivity index (χ2n) is 4.73. The van der Waals surface area contributed by atoms with Crippen LogP contribution in [0.25, 0.3) is 0 Å².